The maximum atomic E-state index is 12.3. The number of carbonyl (C=O) groups excluding carboxylic acids is 1. The highest BCUT2D eigenvalue weighted by Gasteiger charge is 2.15. The van der Waals surface area contributed by atoms with Gasteiger partial charge in [-0.25, -0.2) is 8.42 Å². The van der Waals surface area contributed by atoms with Crippen molar-refractivity contribution >= 4 is 38.5 Å². The van der Waals surface area contributed by atoms with Crippen LogP contribution in [0.15, 0.2) is 30.5 Å². The minimum absolute atomic E-state index is 0.0325. The van der Waals surface area contributed by atoms with Gasteiger partial charge in [-0.2, -0.15) is 14.6 Å². The van der Waals surface area contributed by atoms with E-state index in [9.17, 15) is 13.2 Å². The fourth-order valence-corrected chi connectivity index (χ4v) is 2.55. The Balaban J connectivity index is 1.84. The number of hydrogen-bond acceptors (Lipinski definition) is 7. The monoisotopic (exact) mass is 335 g/mol. The van der Waals surface area contributed by atoms with Crippen molar-refractivity contribution in [3.05, 3.63) is 30.5 Å². The summed E-state index contributed by atoms with van der Waals surface area (Å²) < 4.78 is 25.6. The van der Waals surface area contributed by atoms with Crippen molar-refractivity contribution < 1.29 is 13.2 Å². The van der Waals surface area contributed by atoms with Crippen molar-refractivity contribution in [2.75, 3.05) is 16.7 Å². The first-order chi connectivity index (χ1) is 10.8. The number of fused-ring (bicyclic) bond motifs is 1. The number of nitrogens with one attached hydrogen (secondary N) is 1. The Labute approximate surface area is 130 Å². The third-order valence-corrected chi connectivity index (χ3v) is 3.54. The highest BCUT2D eigenvalue weighted by molar-refractivity contribution is 7.92. The molecule has 0 amide bonds. The fraction of sp³-hybridized carbons (Fsp3) is 0.167. The maximum Gasteiger partial charge on any atom is 0.271 e. The Hall–Kier alpha value is -2.95. The lowest BCUT2D eigenvalue weighted by Crippen LogP contribution is -2.21. The topological polar surface area (TPSA) is 138 Å². The van der Waals surface area contributed by atoms with Crippen LogP contribution >= 0.6 is 0 Å². The molecule has 1 aromatic carbocycles. The summed E-state index contributed by atoms with van der Waals surface area (Å²) >= 11 is 0. The molecule has 0 fully saturated rings. The van der Waals surface area contributed by atoms with Crippen LogP contribution in [0, 0.1) is 0 Å². The standard InChI is InChI=1S/C12H13N7O3S/c1-23(21,22)17-10-6-14-18(15-10)7-11(20)19-9-5-3-2-4-8(9)12(13)16-19/h2-6H,7H2,1H3,(H2,13,16)(H,15,17). The fourth-order valence-electron chi connectivity index (χ4n) is 2.08. The Morgan fingerprint density at radius 2 is 2.04 bits per heavy atom. The number of aromatic nitrogens is 5. The Morgan fingerprint density at radius 3 is 2.78 bits per heavy atom. The number of benzene rings is 1. The molecule has 0 saturated carbocycles. The second-order valence-corrected chi connectivity index (χ2v) is 6.59. The van der Waals surface area contributed by atoms with Crippen LogP contribution in [0.4, 0.5) is 11.6 Å². The number of para-hydroxylation sites is 1. The van der Waals surface area contributed by atoms with Gasteiger partial charge in [0.2, 0.25) is 10.0 Å². The predicted molar refractivity (Wildman–Crippen MR) is 83.3 cm³/mol. The van der Waals surface area contributed by atoms with Crippen molar-refractivity contribution in [2.45, 2.75) is 6.54 Å². The lowest BCUT2D eigenvalue weighted by Gasteiger charge is -2.01. The van der Waals surface area contributed by atoms with Gasteiger partial charge in [0.15, 0.2) is 11.6 Å². The molecule has 0 atom stereocenters. The van der Waals surface area contributed by atoms with Crippen LogP contribution in [0.1, 0.15) is 4.79 Å². The normalized spacial score (nSPS) is 11.7. The first-order valence-electron chi connectivity index (χ1n) is 6.48. The molecule has 0 aliphatic heterocycles. The van der Waals surface area contributed by atoms with E-state index in [1.165, 1.54) is 10.9 Å². The van der Waals surface area contributed by atoms with Crippen LogP contribution in [0.5, 0.6) is 0 Å². The number of anilines is 2. The van der Waals surface area contributed by atoms with E-state index in [1.807, 2.05) is 0 Å². The number of hydrogen-bond donors (Lipinski definition) is 2. The van der Waals surface area contributed by atoms with Crippen molar-refractivity contribution in [2.24, 2.45) is 0 Å². The lowest BCUT2D eigenvalue weighted by atomic mass is 10.2. The minimum Gasteiger partial charge on any atom is -0.382 e. The number of nitrogens with zero attached hydrogens (tertiary/aromatic N) is 5. The van der Waals surface area contributed by atoms with Crippen molar-refractivity contribution in [1.29, 1.82) is 0 Å². The number of rotatable bonds is 4. The van der Waals surface area contributed by atoms with Crippen LogP contribution < -0.4 is 10.5 Å². The minimum atomic E-state index is -3.45. The van der Waals surface area contributed by atoms with Gasteiger partial charge in [-0.3, -0.25) is 9.52 Å². The molecule has 3 N–H and O–H groups in total. The van der Waals surface area contributed by atoms with Gasteiger partial charge in [0, 0.05) is 5.39 Å². The second kappa shape index (κ2) is 5.35. The highest BCUT2D eigenvalue weighted by Crippen LogP contribution is 2.19. The maximum absolute atomic E-state index is 12.3. The lowest BCUT2D eigenvalue weighted by molar-refractivity contribution is 0.0870. The Kier molecular flexibility index (Phi) is 3.48. The van der Waals surface area contributed by atoms with E-state index in [4.69, 9.17) is 5.73 Å². The molecule has 11 heteroatoms. The molecule has 3 aromatic rings. The predicted octanol–water partition coefficient (Wildman–Crippen LogP) is -0.0781. The average Bonchev–Trinajstić information content (AvgIpc) is 3.02. The summed E-state index contributed by atoms with van der Waals surface area (Å²) in [6.45, 7) is -0.212. The molecule has 0 unspecified atom stereocenters. The number of sulfonamides is 1. The van der Waals surface area contributed by atoms with Gasteiger partial charge in [-0.1, -0.05) is 12.1 Å². The van der Waals surface area contributed by atoms with E-state index in [1.54, 1.807) is 24.3 Å². The first-order valence-corrected chi connectivity index (χ1v) is 8.37. The smallest absolute Gasteiger partial charge is 0.271 e. The van der Waals surface area contributed by atoms with E-state index in [0.29, 0.717) is 10.9 Å². The third-order valence-electron chi connectivity index (χ3n) is 2.96. The molecule has 120 valence electrons. The van der Waals surface area contributed by atoms with Crippen molar-refractivity contribution in [1.82, 2.24) is 24.8 Å². The molecule has 23 heavy (non-hydrogen) atoms. The summed E-state index contributed by atoms with van der Waals surface area (Å²) in [4.78, 5) is 13.4. The molecule has 2 heterocycles. The second-order valence-electron chi connectivity index (χ2n) is 4.84. The van der Waals surface area contributed by atoms with Gasteiger partial charge in [0.1, 0.15) is 6.54 Å². The van der Waals surface area contributed by atoms with Crippen LogP contribution in [-0.2, 0) is 16.6 Å². The van der Waals surface area contributed by atoms with Crippen LogP contribution in [0.3, 0.4) is 0 Å². The Bertz CT molecular complexity index is 989. The molecular weight excluding hydrogens is 322 g/mol. The molecule has 0 bridgehead atoms. The quantitative estimate of drug-likeness (QED) is 0.680. The van der Waals surface area contributed by atoms with Crippen molar-refractivity contribution in [3.63, 3.8) is 0 Å². The molecule has 2 aromatic heterocycles. The van der Waals surface area contributed by atoms with E-state index < -0.39 is 15.9 Å². The zero-order valence-electron chi connectivity index (χ0n) is 12.0. The first kappa shape index (κ1) is 15.0. The van der Waals surface area contributed by atoms with Crippen LogP contribution in [0.25, 0.3) is 10.9 Å². The largest absolute Gasteiger partial charge is 0.382 e. The van der Waals surface area contributed by atoms with Gasteiger partial charge >= 0.3 is 0 Å². The molecule has 0 aliphatic carbocycles. The summed E-state index contributed by atoms with van der Waals surface area (Å²) in [7, 11) is -3.45. The number of nitrogens with two attached hydrogens (primary N) is 1. The Morgan fingerprint density at radius 1 is 1.30 bits per heavy atom. The third kappa shape index (κ3) is 3.13. The van der Waals surface area contributed by atoms with E-state index >= 15 is 0 Å². The van der Waals surface area contributed by atoms with Gasteiger partial charge in [0.25, 0.3) is 5.91 Å². The molecule has 3 rings (SSSR count). The van der Waals surface area contributed by atoms with Gasteiger partial charge in [-0.15, -0.1) is 10.2 Å². The molecule has 0 saturated heterocycles. The van der Waals surface area contributed by atoms with E-state index in [-0.39, 0.29) is 18.2 Å². The zero-order chi connectivity index (χ0) is 16.6. The van der Waals surface area contributed by atoms with E-state index in [2.05, 4.69) is 20.0 Å². The van der Waals surface area contributed by atoms with Crippen LogP contribution in [-0.4, -0.2) is 45.4 Å². The van der Waals surface area contributed by atoms with Gasteiger partial charge in [0.05, 0.1) is 18.0 Å². The zero-order valence-corrected chi connectivity index (χ0v) is 12.9. The van der Waals surface area contributed by atoms with Gasteiger partial charge < -0.3 is 5.73 Å². The number of nitrogen functional groups attached to an aromatic ring is 1. The summed E-state index contributed by atoms with van der Waals surface area (Å²) in [6.07, 6.45) is 2.21. The van der Waals surface area contributed by atoms with E-state index in [0.717, 1.165) is 11.1 Å². The van der Waals surface area contributed by atoms with Crippen LogP contribution in [0.2, 0.25) is 0 Å². The highest BCUT2D eigenvalue weighted by atomic mass is 32.2. The molecular formula is C12H13N7O3S. The van der Waals surface area contributed by atoms with Crippen molar-refractivity contribution in [3.8, 4) is 0 Å². The summed E-state index contributed by atoms with van der Waals surface area (Å²) in [5.74, 6) is -0.119. The summed E-state index contributed by atoms with van der Waals surface area (Å²) in [5.41, 5.74) is 6.36. The molecule has 0 radical (unpaired) electrons. The molecule has 10 nitrogen and oxygen atoms in total. The average molecular weight is 335 g/mol. The molecule has 0 spiro atoms. The molecule has 0 aliphatic rings. The summed E-state index contributed by atoms with van der Waals surface area (Å²) in [6, 6.07) is 7.06. The summed E-state index contributed by atoms with van der Waals surface area (Å²) in [5, 5.41) is 12.4. The number of carbonyl (C=O) groups is 1. The SMILES string of the molecule is CS(=O)(=O)Nc1cnn(CC(=O)n2nc(N)c3ccccc32)n1. The van der Waals surface area contributed by atoms with Gasteiger partial charge in [-0.05, 0) is 12.1 Å².